The molecular weight excluding hydrogens is 182 g/mol. The molecule has 0 saturated heterocycles. The van der Waals surface area contributed by atoms with Crippen LogP contribution in [-0.2, 0) is 4.79 Å². The van der Waals surface area contributed by atoms with Gasteiger partial charge >= 0.3 is 5.97 Å². The molecule has 0 heterocycles. The van der Waals surface area contributed by atoms with E-state index in [0.29, 0.717) is 17.5 Å². The Balaban J connectivity index is 2.94. The van der Waals surface area contributed by atoms with Crippen LogP contribution in [0, 0.1) is 5.41 Å². The highest BCUT2D eigenvalue weighted by molar-refractivity contribution is 6.34. The SMILES string of the molecule is CC(=O)Oc1cccc(C(=O)C=N)c1. The molecule has 0 atom stereocenters. The Bertz CT molecular complexity index is 385. The molecule has 0 unspecified atom stereocenters. The number of hydrogen-bond donors (Lipinski definition) is 1. The Morgan fingerprint density at radius 2 is 2.14 bits per heavy atom. The number of Topliss-reactive ketones (excluding diaryl/α,β-unsaturated/α-hetero) is 1. The first-order valence-corrected chi connectivity index (χ1v) is 3.97. The molecule has 0 saturated carbocycles. The van der Waals surface area contributed by atoms with Crippen molar-refractivity contribution in [1.82, 2.24) is 0 Å². The van der Waals surface area contributed by atoms with Gasteiger partial charge in [0, 0.05) is 12.5 Å². The number of ether oxygens (including phenoxy) is 1. The lowest BCUT2D eigenvalue weighted by atomic mass is 10.1. The highest BCUT2D eigenvalue weighted by Gasteiger charge is 2.04. The molecule has 0 aliphatic carbocycles. The summed E-state index contributed by atoms with van der Waals surface area (Å²) in [6.45, 7) is 1.28. The van der Waals surface area contributed by atoms with Gasteiger partial charge in [0.05, 0.1) is 6.21 Å². The lowest BCUT2D eigenvalue weighted by molar-refractivity contribution is -0.131. The maximum atomic E-state index is 11.1. The largest absolute Gasteiger partial charge is 0.427 e. The van der Waals surface area contributed by atoms with Crippen LogP contribution in [0.4, 0.5) is 0 Å². The zero-order valence-electron chi connectivity index (χ0n) is 7.61. The second-order valence-electron chi connectivity index (χ2n) is 2.63. The minimum Gasteiger partial charge on any atom is -0.427 e. The molecule has 4 nitrogen and oxygen atoms in total. The number of hydrogen-bond acceptors (Lipinski definition) is 4. The van der Waals surface area contributed by atoms with Crippen LogP contribution in [-0.4, -0.2) is 18.0 Å². The summed E-state index contributed by atoms with van der Waals surface area (Å²) in [6.07, 6.45) is 0.715. The number of esters is 1. The molecule has 0 spiro atoms. The first-order valence-electron chi connectivity index (χ1n) is 3.97. The summed E-state index contributed by atoms with van der Waals surface area (Å²) < 4.78 is 4.78. The number of benzene rings is 1. The summed E-state index contributed by atoms with van der Waals surface area (Å²) in [5.74, 6) is -0.548. The number of rotatable bonds is 3. The molecule has 4 heteroatoms. The molecule has 14 heavy (non-hydrogen) atoms. The van der Waals surface area contributed by atoms with Crippen LogP contribution in [0.2, 0.25) is 0 Å². The van der Waals surface area contributed by atoms with Gasteiger partial charge in [0.25, 0.3) is 0 Å². The average molecular weight is 191 g/mol. The van der Waals surface area contributed by atoms with E-state index in [-0.39, 0.29) is 0 Å². The predicted molar refractivity (Wildman–Crippen MR) is 50.9 cm³/mol. The quantitative estimate of drug-likeness (QED) is 0.340. The Morgan fingerprint density at radius 1 is 1.43 bits per heavy atom. The molecule has 1 rings (SSSR count). The molecule has 0 aliphatic rings. The van der Waals surface area contributed by atoms with Crippen molar-refractivity contribution in [1.29, 1.82) is 5.41 Å². The highest BCUT2D eigenvalue weighted by Crippen LogP contribution is 2.13. The summed E-state index contributed by atoms with van der Waals surface area (Å²) in [7, 11) is 0. The van der Waals surface area contributed by atoms with E-state index in [2.05, 4.69) is 0 Å². The lowest BCUT2D eigenvalue weighted by Crippen LogP contribution is -2.03. The Morgan fingerprint density at radius 3 is 2.71 bits per heavy atom. The summed E-state index contributed by atoms with van der Waals surface area (Å²) >= 11 is 0. The smallest absolute Gasteiger partial charge is 0.308 e. The number of ketones is 1. The molecule has 0 aromatic heterocycles. The lowest BCUT2D eigenvalue weighted by Gasteiger charge is -2.01. The second kappa shape index (κ2) is 4.32. The fourth-order valence-electron chi connectivity index (χ4n) is 0.962. The van der Waals surface area contributed by atoms with Crippen LogP contribution in [0.5, 0.6) is 5.75 Å². The van der Waals surface area contributed by atoms with E-state index in [0.717, 1.165) is 0 Å². The minimum absolute atomic E-state index is 0.310. The predicted octanol–water partition coefficient (Wildman–Crippen LogP) is 1.44. The molecule has 0 fully saturated rings. The molecule has 0 aliphatic heterocycles. The van der Waals surface area contributed by atoms with E-state index < -0.39 is 11.8 Å². The molecule has 1 N–H and O–H groups in total. The monoisotopic (exact) mass is 191 g/mol. The van der Waals surface area contributed by atoms with E-state index in [1.165, 1.54) is 13.0 Å². The maximum absolute atomic E-state index is 11.1. The zero-order valence-corrected chi connectivity index (χ0v) is 7.61. The van der Waals surface area contributed by atoms with E-state index in [9.17, 15) is 9.59 Å². The second-order valence-corrected chi connectivity index (χ2v) is 2.63. The van der Waals surface area contributed by atoms with Crippen LogP contribution >= 0.6 is 0 Å². The molecule has 0 bridgehead atoms. The fourth-order valence-corrected chi connectivity index (χ4v) is 0.962. The van der Waals surface area contributed by atoms with Crippen molar-refractivity contribution >= 4 is 18.0 Å². The van der Waals surface area contributed by atoms with Crippen LogP contribution in [0.3, 0.4) is 0 Å². The normalized spacial score (nSPS) is 9.21. The molecule has 0 radical (unpaired) electrons. The van der Waals surface area contributed by atoms with Gasteiger partial charge in [0.15, 0.2) is 0 Å². The Hall–Kier alpha value is -1.97. The third-order valence-electron chi connectivity index (χ3n) is 1.51. The van der Waals surface area contributed by atoms with Crippen molar-refractivity contribution in [3.63, 3.8) is 0 Å². The summed E-state index contributed by atoms with van der Waals surface area (Å²) in [5.41, 5.74) is 0.332. The third kappa shape index (κ3) is 2.52. The summed E-state index contributed by atoms with van der Waals surface area (Å²) in [6, 6.07) is 6.15. The van der Waals surface area contributed by atoms with Crippen LogP contribution in [0.25, 0.3) is 0 Å². The average Bonchev–Trinajstić information content (AvgIpc) is 2.16. The van der Waals surface area contributed by atoms with Crippen molar-refractivity contribution in [3.8, 4) is 5.75 Å². The van der Waals surface area contributed by atoms with E-state index in [4.69, 9.17) is 10.1 Å². The van der Waals surface area contributed by atoms with Gasteiger partial charge in [-0.05, 0) is 12.1 Å². The van der Waals surface area contributed by atoms with Crippen LogP contribution < -0.4 is 4.74 Å². The van der Waals surface area contributed by atoms with Gasteiger partial charge in [0.1, 0.15) is 5.75 Å². The van der Waals surface area contributed by atoms with E-state index in [1.54, 1.807) is 18.2 Å². The number of carbonyl (C=O) groups excluding carboxylic acids is 2. The van der Waals surface area contributed by atoms with Gasteiger partial charge in [-0.25, -0.2) is 0 Å². The van der Waals surface area contributed by atoms with Gasteiger partial charge in [-0.3, -0.25) is 9.59 Å². The van der Waals surface area contributed by atoms with Crippen molar-refractivity contribution in [2.24, 2.45) is 0 Å². The topological polar surface area (TPSA) is 67.2 Å². The minimum atomic E-state index is -0.440. The van der Waals surface area contributed by atoms with Crippen molar-refractivity contribution in [2.45, 2.75) is 6.92 Å². The van der Waals surface area contributed by atoms with Crippen molar-refractivity contribution in [3.05, 3.63) is 29.8 Å². The highest BCUT2D eigenvalue weighted by atomic mass is 16.5. The fraction of sp³-hybridized carbons (Fsp3) is 0.100. The first-order chi connectivity index (χ1) is 6.63. The summed E-state index contributed by atoms with van der Waals surface area (Å²) in [4.78, 5) is 21.7. The van der Waals surface area contributed by atoms with Gasteiger partial charge < -0.3 is 10.1 Å². The molecule has 72 valence electrons. The standard InChI is InChI=1S/C10H9NO3/c1-7(12)14-9-4-2-3-8(5-9)10(13)6-11/h2-6,11H,1H3. The molecule has 1 aromatic carbocycles. The maximum Gasteiger partial charge on any atom is 0.308 e. The van der Waals surface area contributed by atoms with Crippen LogP contribution in [0.15, 0.2) is 24.3 Å². The van der Waals surface area contributed by atoms with Gasteiger partial charge in [-0.2, -0.15) is 0 Å². The molecule has 1 aromatic rings. The third-order valence-corrected chi connectivity index (χ3v) is 1.51. The van der Waals surface area contributed by atoms with E-state index >= 15 is 0 Å². The Kier molecular flexibility index (Phi) is 3.12. The van der Waals surface area contributed by atoms with Gasteiger partial charge in [0.2, 0.25) is 5.78 Å². The zero-order chi connectivity index (χ0) is 10.6. The summed E-state index contributed by atoms with van der Waals surface area (Å²) in [5, 5.41) is 6.78. The van der Waals surface area contributed by atoms with Crippen LogP contribution in [0.1, 0.15) is 17.3 Å². The van der Waals surface area contributed by atoms with Gasteiger partial charge in [-0.1, -0.05) is 12.1 Å². The molecule has 0 amide bonds. The van der Waals surface area contributed by atoms with E-state index in [1.807, 2.05) is 0 Å². The number of carbonyl (C=O) groups is 2. The van der Waals surface area contributed by atoms with Crippen molar-refractivity contribution < 1.29 is 14.3 Å². The Labute approximate surface area is 81.0 Å². The van der Waals surface area contributed by atoms with Gasteiger partial charge in [-0.15, -0.1) is 0 Å². The first kappa shape index (κ1) is 10.1. The number of nitrogens with one attached hydrogen (secondary N) is 1. The van der Waals surface area contributed by atoms with Crippen molar-refractivity contribution in [2.75, 3.05) is 0 Å². The molecular formula is C10H9NO3.